The van der Waals surface area contributed by atoms with Crippen LogP contribution in [0, 0.1) is 0 Å². The highest BCUT2D eigenvalue weighted by Crippen LogP contribution is 2.25. The Morgan fingerprint density at radius 1 is 1.48 bits per heavy atom. The maximum Gasteiger partial charge on any atom is 0.0713 e. The van der Waals surface area contributed by atoms with Gasteiger partial charge in [-0.1, -0.05) is 24.3 Å². The molecule has 2 unspecified atom stereocenters. The predicted molar refractivity (Wildman–Crippen MR) is 87.2 cm³/mol. The average molecular weight is 291 g/mol. The summed E-state index contributed by atoms with van der Waals surface area (Å²) < 4.78 is 5.24. The molecule has 118 valence electrons. The Hall–Kier alpha value is -0.940. The molecule has 0 saturated carbocycles. The Morgan fingerprint density at radius 3 is 2.95 bits per heavy atom. The van der Waals surface area contributed by atoms with Gasteiger partial charge in [-0.05, 0) is 44.6 Å². The smallest absolute Gasteiger partial charge is 0.0713 e. The zero-order chi connectivity index (χ0) is 15.2. The zero-order valence-corrected chi connectivity index (χ0v) is 13.6. The van der Waals surface area contributed by atoms with Crippen LogP contribution in [0.3, 0.4) is 0 Å². The van der Waals surface area contributed by atoms with Crippen LogP contribution in [0.5, 0.6) is 0 Å². The van der Waals surface area contributed by atoms with Gasteiger partial charge in [0.1, 0.15) is 0 Å². The zero-order valence-electron chi connectivity index (χ0n) is 13.6. The van der Waals surface area contributed by atoms with Crippen molar-refractivity contribution in [2.24, 2.45) is 5.73 Å². The number of hydrogen-bond acceptors (Lipinski definition) is 4. The molecule has 1 aromatic rings. The van der Waals surface area contributed by atoms with E-state index in [1.54, 1.807) is 7.11 Å². The third-order valence-electron chi connectivity index (χ3n) is 4.54. The van der Waals surface area contributed by atoms with Crippen LogP contribution < -0.4 is 5.73 Å². The summed E-state index contributed by atoms with van der Waals surface area (Å²) in [7, 11) is 6.15. The first kappa shape index (κ1) is 16.4. The molecule has 0 spiro atoms. The molecule has 1 fully saturated rings. The van der Waals surface area contributed by atoms with E-state index >= 15 is 0 Å². The van der Waals surface area contributed by atoms with E-state index in [0.717, 1.165) is 6.54 Å². The van der Waals surface area contributed by atoms with Crippen LogP contribution in [0.2, 0.25) is 0 Å². The number of nitrogens with two attached hydrogens (primary N) is 1. The Bertz CT molecular complexity index is 438. The fraction of sp³-hybridized carbons (Fsp3) is 0.647. The molecule has 4 nitrogen and oxygen atoms in total. The van der Waals surface area contributed by atoms with Gasteiger partial charge in [-0.2, -0.15) is 0 Å². The number of methoxy groups -OCH3 is 1. The summed E-state index contributed by atoms with van der Waals surface area (Å²) in [6, 6.07) is 9.48. The summed E-state index contributed by atoms with van der Waals surface area (Å²) in [5.41, 5.74) is 8.59. The van der Waals surface area contributed by atoms with Crippen LogP contribution in [-0.4, -0.2) is 56.7 Å². The summed E-state index contributed by atoms with van der Waals surface area (Å²) in [5, 5.41) is 0. The first-order chi connectivity index (χ1) is 10.2. The van der Waals surface area contributed by atoms with Crippen molar-refractivity contribution in [3.63, 3.8) is 0 Å². The van der Waals surface area contributed by atoms with E-state index in [1.165, 1.54) is 30.5 Å². The van der Waals surface area contributed by atoms with Crippen molar-refractivity contribution in [3.05, 3.63) is 35.4 Å². The summed E-state index contributed by atoms with van der Waals surface area (Å²) in [6.45, 7) is 3.64. The summed E-state index contributed by atoms with van der Waals surface area (Å²) in [4.78, 5) is 4.88. The van der Waals surface area contributed by atoms with Crippen LogP contribution in [0.1, 0.15) is 30.0 Å². The van der Waals surface area contributed by atoms with Crippen LogP contribution in [0.25, 0.3) is 0 Å². The molecule has 1 saturated heterocycles. The largest absolute Gasteiger partial charge is 0.380 e. The number of likely N-dealkylation sites (tertiary alicyclic amines) is 1. The van der Waals surface area contributed by atoms with Crippen molar-refractivity contribution in [1.29, 1.82) is 0 Å². The fourth-order valence-corrected chi connectivity index (χ4v) is 3.32. The second-order valence-electron chi connectivity index (χ2n) is 6.15. The topological polar surface area (TPSA) is 41.7 Å². The minimum absolute atomic E-state index is 0.276. The summed E-state index contributed by atoms with van der Waals surface area (Å²) in [6.07, 6.45) is 2.53. The summed E-state index contributed by atoms with van der Waals surface area (Å²) >= 11 is 0. The van der Waals surface area contributed by atoms with E-state index in [2.05, 4.69) is 48.2 Å². The van der Waals surface area contributed by atoms with E-state index in [4.69, 9.17) is 10.5 Å². The van der Waals surface area contributed by atoms with Crippen molar-refractivity contribution in [2.45, 2.75) is 31.5 Å². The minimum atomic E-state index is 0.276. The van der Waals surface area contributed by atoms with Crippen molar-refractivity contribution in [3.8, 4) is 0 Å². The molecular formula is C17H29N3O. The number of hydrogen-bond donors (Lipinski definition) is 1. The number of ether oxygens (including phenoxy) is 1. The molecule has 4 heteroatoms. The van der Waals surface area contributed by atoms with Gasteiger partial charge in [-0.3, -0.25) is 4.90 Å². The van der Waals surface area contributed by atoms with Gasteiger partial charge in [0.25, 0.3) is 0 Å². The standard InChI is InChI=1S/C17H29N3O/c1-19-9-5-8-16(12-19)20(2)17(11-18)15-7-4-6-14(10-15)13-21-3/h4,6-7,10,16-17H,5,8-9,11-13,18H2,1-3H3. The van der Waals surface area contributed by atoms with E-state index in [0.29, 0.717) is 19.2 Å². The first-order valence-corrected chi connectivity index (χ1v) is 7.84. The van der Waals surface area contributed by atoms with E-state index in [1.807, 2.05) is 0 Å². The molecule has 2 N–H and O–H groups in total. The highest BCUT2D eigenvalue weighted by molar-refractivity contribution is 5.26. The molecule has 1 aliphatic rings. The Morgan fingerprint density at radius 2 is 2.29 bits per heavy atom. The van der Waals surface area contributed by atoms with E-state index < -0.39 is 0 Å². The second kappa shape index (κ2) is 7.90. The quantitative estimate of drug-likeness (QED) is 0.868. The maximum atomic E-state index is 6.08. The highest BCUT2D eigenvalue weighted by Gasteiger charge is 2.26. The van der Waals surface area contributed by atoms with Crippen molar-refractivity contribution >= 4 is 0 Å². The number of nitrogens with zero attached hydrogens (tertiary/aromatic N) is 2. The lowest BCUT2D eigenvalue weighted by Gasteiger charge is -2.40. The lowest BCUT2D eigenvalue weighted by Crippen LogP contribution is -2.47. The monoisotopic (exact) mass is 291 g/mol. The van der Waals surface area contributed by atoms with Gasteiger partial charge in [0.15, 0.2) is 0 Å². The van der Waals surface area contributed by atoms with Crippen molar-refractivity contribution in [2.75, 3.05) is 40.8 Å². The molecule has 2 atom stereocenters. The van der Waals surface area contributed by atoms with Gasteiger partial charge in [-0.25, -0.2) is 0 Å². The number of likely N-dealkylation sites (N-methyl/N-ethyl adjacent to an activating group) is 2. The Balaban J connectivity index is 2.12. The molecule has 0 aromatic heterocycles. The molecular weight excluding hydrogens is 262 g/mol. The van der Waals surface area contributed by atoms with Gasteiger partial charge in [0.05, 0.1) is 6.61 Å². The van der Waals surface area contributed by atoms with Crippen molar-refractivity contribution < 1.29 is 4.74 Å². The normalized spacial score (nSPS) is 21.7. The molecule has 21 heavy (non-hydrogen) atoms. The third-order valence-corrected chi connectivity index (χ3v) is 4.54. The molecule has 1 aromatic carbocycles. The molecule has 0 radical (unpaired) electrons. The van der Waals surface area contributed by atoms with Gasteiger partial charge in [0, 0.05) is 32.3 Å². The Labute approximate surface area is 128 Å². The lowest BCUT2D eigenvalue weighted by molar-refractivity contribution is 0.101. The fourth-order valence-electron chi connectivity index (χ4n) is 3.32. The molecule has 1 aliphatic heterocycles. The Kier molecular flexibility index (Phi) is 6.18. The first-order valence-electron chi connectivity index (χ1n) is 7.84. The second-order valence-corrected chi connectivity index (χ2v) is 6.15. The minimum Gasteiger partial charge on any atom is -0.380 e. The molecule has 1 heterocycles. The van der Waals surface area contributed by atoms with Gasteiger partial charge in [0.2, 0.25) is 0 Å². The van der Waals surface area contributed by atoms with Gasteiger partial charge < -0.3 is 15.4 Å². The predicted octanol–water partition coefficient (Wildman–Crippen LogP) is 1.86. The van der Waals surface area contributed by atoms with E-state index in [-0.39, 0.29) is 6.04 Å². The molecule has 0 amide bonds. The van der Waals surface area contributed by atoms with Crippen LogP contribution in [0.4, 0.5) is 0 Å². The molecule has 2 rings (SSSR count). The molecule has 0 aliphatic carbocycles. The lowest BCUT2D eigenvalue weighted by atomic mass is 9.98. The van der Waals surface area contributed by atoms with Crippen molar-refractivity contribution in [1.82, 2.24) is 9.80 Å². The van der Waals surface area contributed by atoms with Gasteiger partial charge >= 0.3 is 0 Å². The van der Waals surface area contributed by atoms with Crippen LogP contribution in [0.15, 0.2) is 24.3 Å². The van der Waals surface area contributed by atoms with E-state index in [9.17, 15) is 0 Å². The maximum absolute atomic E-state index is 6.08. The van der Waals surface area contributed by atoms with Crippen LogP contribution in [-0.2, 0) is 11.3 Å². The highest BCUT2D eigenvalue weighted by atomic mass is 16.5. The molecule has 0 bridgehead atoms. The number of piperidine rings is 1. The van der Waals surface area contributed by atoms with Gasteiger partial charge in [-0.15, -0.1) is 0 Å². The number of rotatable bonds is 6. The number of benzene rings is 1. The average Bonchev–Trinajstić information content (AvgIpc) is 2.49. The summed E-state index contributed by atoms with van der Waals surface area (Å²) in [5.74, 6) is 0. The van der Waals surface area contributed by atoms with Crippen LogP contribution >= 0.6 is 0 Å². The SMILES string of the molecule is COCc1cccc(C(CN)N(C)C2CCCN(C)C2)c1. The third kappa shape index (κ3) is 4.27.